The lowest BCUT2D eigenvalue weighted by Gasteiger charge is -2.37. The van der Waals surface area contributed by atoms with Crippen LogP contribution in [0.2, 0.25) is 0 Å². The van der Waals surface area contributed by atoms with E-state index in [1.807, 2.05) is 29.2 Å². The molecule has 1 saturated heterocycles. The molecule has 0 radical (unpaired) electrons. The predicted octanol–water partition coefficient (Wildman–Crippen LogP) is 2.50. The van der Waals surface area contributed by atoms with Gasteiger partial charge in [-0.1, -0.05) is 18.2 Å². The second kappa shape index (κ2) is 8.10. The van der Waals surface area contributed by atoms with Gasteiger partial charge in [0.05, 0.1) is 32.9 Å². The summed E-state index contributed by atoms with van der Waals surface area (Å²) in [6.45, 7) is 2.02. The zero-order chi connectivity index (χ0) is 18.5. The van der Waals surface area contributed by atoms with E-state index in [9.17, 15) is 4.79 Å². The highest BCUT2D eigenvalue weighted by atomic mass is 16.5. The van der Waals surface area contributed by atoms with Crippen LogP contribution in [0.15, 0.2) is 42.5 Å². The van der Waals surface area contributed by atoms with Gasteiger partial charge < -0.3 is 24.4 Å². The number of piperazine rings is 1. The van der Waals surface area contributed by atoms with Gasteiger partial charge in [-0.25, -0.2) is 0 Å². The summed E-state index contributed by atoms with van der Waals surface area (Å²) in [5.41, 5.74) is 1.51. The summed E-state index contributed by atoms with van der Waals surface area (Å²) in [6.07, 6.45) is 0. The molecule has 0 aliphatic carbocycles. The third-order valence-electron chi connectivity index (χ3n) is 4.64. The molecule has 26 heavy (non-hydrogen) atoms. The summed E-state index contributed by atoms with van der Waals surface area (Å²) in [5.74, 6) is 1.87. The molecule has 2 aromatic rings. The minimum Gasteiger partial charge on any atom is -0.497 e. The molecule has 2 aromatic carbocycles. The van der Waals surface area contributed by atoms with Gasteiger partial charge in [-0.15, -0.1) is 0 Å². The fourth-order valence-electron chi connectivity index (χ4n) is 3.30. The van der Waals surface area contributed by atoms with Crippen LogP contribution in [0.25, 0.3) is 0 Å². The lowest BCUT2D eigenvalue weighted by molar-refractivity contribution is 0.0628. The summed E-state index contributed by atoms with van der Waals surface area (Å²) in [5, 5.41) is 3.37. The summed E-state index contributed by atoms with van der Waals surface area (Å²) in [4.78, 5) is 15.2. The van der Waals surface area contributed by atoms with Crippen LogP contribution >= 0.6 is 0 Å². The van der Waals surface area contributed by atoms with Crippen molar-refractivity contribution in [1.29, 1.82) is 0 Å². The van der Waals surface area contributed by atoms with E-state index in [-0.39, 0.29) is 11.9 Å². The average Bonchev–Trinajstić information content (AvgIpc) is 2.72. The molecule has 0 spiro atoms. The van der Waals surface area contributed by atoms with Crippen molar-refractivity contribution >= 4 is 5.91 Å². The van der Waals surface area contributed by atoms with E-state index in [4.69, 9.17) is 14.2 Å². The van der Waals surface area contributed by atoms with Gasteiger partial charge in [0.1, 0.15) is 17.2 Å². The number of para-hydroxylation sites is 1. The second-order valence-electron chi connectivity index (χ2n) is 6.03. The number of methoxy groups -OCH3 is 3. The molecule has 138 valence electrons. The molecule has 1 heterocycles. The summed E-state index contributed by atoms with van der Waals surface area (Å²) < 4.78 is 16.1. The number of carbonyl (C=O) groups is 1. The minimum absolute atomic E-state index is 0.0677. The number of amides is 1. The largest absolute Gasteiger partial charge is 0.497 e. The minimum atomic E-state index is -0.112. The molecular weight excluding hydrogens is 332 g/mol. The Kier molecular flexibility index (Phi) is 5.63. The molecular formula is C20H24N2O4. The summed E-state index contributed by atoms with van der Waals surface area (Å²) in [6, 6.07) is 13.0. The normalized spacial score (nSPS) is 16.9. The smallest absolute Gasteiger partial charge is 0.258 e. The number of carbonyl (C=O) groups excluding carboxylic acids is 1. The van der Waals surface area contributed by atoms with E-state index in [2.05, 4.69) is 5.32 Å². The highest BCUT2D eigenvalue weighted by Crippen LogP contribution is 2.33. The highest BCUT2D eigenvalue weighted by Gasteiger charge is 2.31. The molecule has 1 N–H and O–H groups in total. The molecule has 1 unspecified atom stereocenters. The van der Waals surface area contributed by atoms with Gasteiger partial charge in [-0.2, -0.15) is 0 Å². The Balaban J connectivity index is 1.96. The molecule has 1 aliphatic rings. The van der Waals surface area contributed by atoms with Gasteiger partial charge in [0.2, 0.25) is 0 Å². The van der Waals surface area contributed by atoms with Crippen LogP contribution in [-0.2, 0) is 0 Å². The maximum absolute atomic E-state index is 13.3. The Morgan fingerprint density at radius 3 is 2.54 bits per heavy atom. The van der Waals surface area contributed by atoms with Gasteiger partial charge in [-0.3, -0.25) is 4.79 Å². The van der Waals surface area contributed by atoms with E-state index in [0.29, 0.717) is 30.2 Å². The van der Waals surface area contributed by atoms with Crippen LogP contribution in [0.3, 0.4) is 0 Å². The van der Waals surface area contributed by atoms with Crippen molar-refractivity contribution < 1.29 is 19.0 Å². The van der Waals surface area contributed by atoms with E-state index in [1.54, 1.807) is 39.5 Å². The molecule has 1 aliphatic heterocycles. The van der Waals surface area contributed by atoms with Gasteiger partial charge in [0, 0.05) is 31.3 Å². The first-order valence-corrected chi connectivity index (χ1v) is 8.56. The molecule has 6 heteroatoms. The van der Waals surface area contributed by atoms with Crippen molar-refractivity contribution in [1.82, 2.24) is 10.2 Å². The SMILES string of the molecule is COc1ccc(C(=O)N2CCNCC2c2ccccc2OC)c(OC)c1. The van der Waals surface area contributed by atoms with Crippen LogP contribution in [0.4, 0.5) is 0 Å². The fourth-order valence-corrected chi connectivity index (χ4v) is 3.30. The fraction of sp³-hybridized carbons (Fsp3) is 0.350. The maximum Gasteiger partial charge on any atom is 0.258 e. The predicted molar refractivity (Wildman–Crippen MR) is 99.2 cm³/mol. The van der Waals surface area contributed by atoms with E-state index >= 15 is 0 Å². The lowest BCUT2D eigenvalue weighted by atomic mass is 10.0. The first-order valence-electron chi connectivity index (χ1n) is 8.56. The Labute approximate surface area is 153 Å². The van der Waals surface area contributed by atoms with E-state index in [1.165, 1.54) is 0 Å². The zero-order valence-electron chi connectivity index (χ0n) is 15.3. The van der Waals surface area contributed by atoms with Crippen LogP contribution in [0.5, 0.6) is 17.2 Å². The topological polar surface area (TPSA) is 60.0 Å². The molecule has 0 bridgehead atoms. The molecule has 1 amide bonds. The van der Waals surface area contributed by atoms with E-state index < -0.39 is 0 Å². The van der Waals surface area contributed by atoms with Gasteiger partial charge in [0.15, 0.2) is 0 Å². The number of benzene rings is 2. The highest BCUT2D eigenvalue weighted by molar-refractivity contribution is 5.97. The molecule has 6 nitrogen and oxygen atoms in total. The number of ether oxygens (including phenoxy) is 3. The third-order valence-corrected chi connectivity index (χ3v) is 4.64. The molecule has 3 rings (SSSR count). The number of hydrogen-bond donors (Lipinski definition) is 1. The third kappa shape index (κ3) is 3.46. The van der Waals surface area contributed by atoms with Crippen LogP contribution < -0.4 is 19.5 Å². The van der Waals surface area contributed by atoms with Crippen molar-refractivity contribution in [3.63, 3.8) is 0 Å². The Morgan fingerprint density at radius 1 is 1.04 bits per heavy atom. The first kappa shape index (κ1) is 18.1. The van der Waals surface area contributed by atoms with Crippen molar-refractivity contribution in [3.05, 3.63) is 53.6 Å². The number of nitrogens with zero attached hydrogens (tertiary/aromatic N) is 1. The number of nitrogens with one attached hydrogen (secondary N) is 1. The Bertz CT molecular complexity index is 778. The monoisotopic (exact) mass is 356 g/mol. The Morgan fingerprint density at radius 2 is 1.81 bits per heavy atom. The standard InChI is InChI=1S/C20H24N2O4/c1-24-14-8-9-16(19(12-14)26-3)20(23)22-11-10-21-13-17(22)15-6-4-5-7-18(15)25-2/h4-9,12,17,21H,10-11,13H2,1-3H3. The number of hydrogen-bond acceptors (Lipinski definition) is 5. The van der Waals surface area contributed by atoms with Crippen molar-refractivity contribution in [3.8, 4) is 17.2 Å². The van der Waals surface area contributed by atoms with Crippen LogP contribution in [0, 0.1) is 0 Å². The van der Waals surface area contributed by atoms with Crippen LogP contribution in [-0.4, -0.2) is 51.8 Å². The molecule has 0 saturated carbocycles. The molecule has 0 aromatic heterocycles. The van der Waals surface area contributed by atoms with E-state index in [0.717, 1.165) is 17.9 Å². The lowest BCUT2D eigenvalue weighted by Crippen LogP contribution is -2.48. The Hall–Kier alpha value is -2.73. The summed E-state index contributed by atoms with van der Waals surface area (Å²) >= 11 is 0. The first-order chi connectivity index (χ1) is 12.7. The molecule has 1 fully saturated rings. The summed E-state index contributed by atoms with van der Waals surface area (Å²) in [7, 11) is 4.79. The van der Waals surface area contributed by atoms with Crippen molar-refractivity contribution in [2.24, 2.45) is 0 Å². The quantitative estimate of drug-likeness (QED) is 0.892. The van der Waals surface area contributed by atoms with Gasteiger partial charge >= 0.3 is 0 Å². The zero-order valence-corrected chi connectivity index (χ0v) is 15.3. The van der Waals surface area contributed by atoms with Gasteiger partial charge in [0.25, 0.3) is 5.91 Å². The van der Waals surface area contributed by atoms with Crippen molar-refractivity contribution in [2.45, 2.75) is 6.04 Å². The maximum atomic E-state index is 13.3. The second-order valence-corrected chi connectivity index (χ2v) is 6.03. The van der Waals surface area contributed by atoms with Crippen molar-refractivity contribution in [2.75, 3.05) is 41.0 Å². The van der Waals surface area contributed by atoms with Crippen LogP contribution in [0.1, 0.15) is 22.0 Å². The average molecular weight is 356 g/mol. The molecule has 1 atom stereocenters. The number of rotatable bonds is 5. The van der Waals surface area contributed by atoms with Gasteiger partial charge in [-0.05, 0) is 18.2 Å².